The van der Waals surface area contributed by atoms with E-state index >= 15 is 0 Å². The molecule has 122 valence electrons. The van der Waals surface area contributed by atoms with E-state index in [1.54, 1.807) is 0 Å². The van der Waals surface area contributed by atoms with Crippen LogP contribution in [0.25, 0.3) is 0 Å². The molecule has 10 heteroatoms. The van der Waals surface area contributed by atoms with E-state index < -0.39 is 11.7 Å². The Hall–Kier alpha value is -1.28. The van der Waals surface area contributed by atoms with Crippen LogP contribution in [-0.2, 0) is 0 Å². The molecule has 0 aliphatic carbocycles. The predicted molar refractivity (Wildman–Crippen MR) is 88.7 cm³/mol. The van der Waals surface area contributed by atoms with Gasteiger partial charge in [-0.15, -0.1) is 0 Å². The van der Waals surface area contributed by atoms with Crippen LogP contribution < -0.4 is 10.9 Å². The van der Waals surface area contributed by atoms with Crippen LogP contribution in [0.15, 0.2) is 35.5 Å². The van der Waals surface area contributed by atoms with Crippen molar-refractivity contribution in [2.75, 3.05) is 5.43 Å². The lowest BCUT2D eigenvalue weighted by Gasteiger charge is -2.13. The van der Waals surface area contributed by atoms with E-state index in [1.807, 2.05) is 0 Å². The highest BCUT2D eigenvalue weighted by molar-refractivity contribution is 7.99. The van der Waals surface area contributed by atoms with Crippen molar-refractivity contribution in [2.24, 2.45) is 0 Å². The highest BCUT2D eigenvalue weighted by Crippen LogP contribution is 2.33. The number of amides is 1. The second-order valence-electron chi connectivity index (χ2n) is 4.06. The molecule has 0 spiro atoms. The van der Waals surface area contributed by atoms with Gasteiger partial charge in [0.15, 0.2) is 0 Å². The summed E-state index contributed by atoms with van der Waals surface area (Å²) in [5.41, 5.74) is 5.10. The standard InChI is InChI=1S/C13H8Cl3F2N3OS/c14-6-4-8(15)10(9(16)5-6)20-21-11(22)7-2-1-3-19-12(7)23-13(17)18/h1-5,13,20H,(H,21,22). The molecule has 0 aliphatic heterocycles. The first-order chi connectivity index (χ1) is 10.9. The Bertz CT molecular complexity index is 710. The predicted octanol–water partition coefficient (Wildman–Crippen LogP) is 5.11. The molecule has 0 atom stereocenters. The SMILES string of the molecule is O=C(NNc1c(Cl)cc(Cl)cc1Cl)c1cccnc1SC(F)F. The maximum Gasteiger partial charge on any atom is 0.290 e. The van der Waals surface area contributed by atoms with Gasteiger partial charge in [0.05, 0.1) is 21.3 Å². The number of pyridine rings is 1. The number of benzene rings is 1. The Balaban J connectivity index is 2.15. The molecule has 2 aromatic rings. The smallest absolute Gasteiger partial charge is 0.290 e. The minimum absolute atomic E-state index is 0.00786. The van der Waals surface area contributed by atoms with Crippen molar-refractivity contribution < 1.29 is 13.6 Å². The molecule has 0 bridgehead atoms. The highest BCUT2D eigenvalue weighted by Gasteiger charge is 2.17. The second-order valence-corrected chi connectivity index (χ2v) is 6.29. The van der Waals surface area contributed by atoms with Crippen molar-refractivity contribution in [3.63, 3.8) is 0 Å². The maximum atomic E-state index is 12.5. The molecule has 1 amide bonds. The van der Waals surface area contributed by atoms with E-state index in [0.717, 1.165) is 0 Å². The number of hydrogen-bond donors (Lipinski definition) is 2. The van der Waals surface area contributed by atoms with Gasteiger partial charge in [0, 0.05) is 11.2 Å². The number of halogens is 5. The average Bonchev–Trinajstić information content (AvgIpc) is 2.45. The molecule has 0 aliphatic rings. The first kappa shape index (κ1) is 18.1. The fourth-order valence-electron chi connectivity index (χ4n) is 1.59. The Labute approximate surface area is 149 Å². The summed E-state index contributed by atoms with van der Waals surface area (Å²) in [4.78, 5) is 15.9. The molecule has 2 rings (SSSR count). The first-order valence-electron chi connectivity index (χ1n) is 5.99. The van der Waals surface area contributed by atoms with Gasteiger partial charge in [0.2, 0.25) is 0 Å². The van der Waals surface area contributed by atoms with Gasteiger partial charge in [0.1, 0.15) is 5.03 Å². The third-order valence-corrected chi connectivity index (χ3v) is 4.07. The normalized spacial score (nSPS) is 10.7. The van der Waals surface area contributed by atoms with Gasteiger partial charge in [-0.25, -0.2) is 4.98 Å². The minimum atomic E-state index is -2.69. The van der Waals surface area contributed by atoms with E-state index in [4.69, 9.17) is 34.8 Å². The van der Waals surface area contributed by atoms with Gasteiger partial charge in [-0.2, -0.15) is 8.78 Å². The fraction of sp³-hybridized carbons (Fsp3) is 0.0769. The lowest BCUT2D eigenvalue weighted by atomic mass is 10.3. The number of aromatic nitrogens is 1. The monoisotopic (exact) mass is 397 g/mol. The lowest BCUT2D eigenvalue weighted by Crippen LogP contribution is -2.30. The molecule has 1 heterocycles. The first-order valence-corrected chi connectivity index (χ1v) is 8.00. The number of anilines is 1. The van der Waals surface area contributed by atoms with Crippen molar-refractivity contribution in [2.45, 2.75) is 10.8 Å². The number of rotatable bonds is 5. The van der Waals surface area contributed by atoms with Crippen molar-refractivity contribution in [3.05, 3.63) is 51.1 Å². The molecular formula is C13H8Cl3F2N3OS. The van der Waals surface area contributed by atoms with Crippen LogP contribution >= 0.6 is 46.6 Å². The van der Waals surface area contributed by atoms with Crippen molar-refractivity contribution in [1.29, 1.82) is 0 Å². The summed E-state index contributed by atoms with van der Waals surface area (Å²) in [6.45, 7) is 0. The Kier molecular flexibility index (Phi) is 6.29. The summed E-state index contributed by atoms with van der Waals surface area (Å²) in [5.74, 6) is -3.35. The van der Waals surface area contributed by atoms with E-state index in [9.17, 15) is 13.6 Å². The molecule has 0 saturated heterocycles. The number of hydrazine groups is 1. The molecular weight excluding hydrogens is 391 g/mol. The number of alkyl halides is 2. The number of thioether (sulfide) groups is 1. The summed E-state index contributed by atoms with van der Waals surface area (Å²) >= 11 is 17.9. The van der Waals surface area contributed by atoms with Crippen LogP contribution in [0.4, 0.5) is 14.5 Å². The van der Waals surface area contributed by atoms with Gasteiger partial charge in [-0.3, -0.25) is 15.6 Å². The number of carbonyl (C=O) groups excluding carboxylic acids is 1. The third-order valence-electron chi connectivity index (χ3n) is 2.52. The lowest BCUT2D eigenvalue weighted by molar-refractivity contribution is 0.0959. The zero-order valence-electron chi connectivity index (χ0n) is 11.1. The zero-order chi connectivity index (χ0) is 17.0. The summed E-state index contributed by atoms with van der Waals surface area (Å²) in [6, 6.07) is 5.71. The molecule has 1 aromatic heterocycles. The molecule has 0 unspecified atom stereocenters. The van der Waals surface area contributed by atoms with E-state index in [2.05, 4.69) is 15.8 Å². The van der Waals surface area contributed by atoms with Crippen LogP contribution in [0.5, 0.6) is 0 Å². The van der Waals surface area contributed by atoms with Gasteiger partial charge < -0.3 is 0 Å². The zero-order valence-corrected chi connectivity index (χ0v) is 14.2. The molecule has 0 fully saturated rings. The van der Waals surface area contributed by atoms with E-state index in [0.29, 0.717) is 5.02 Å². The summed E-state index contributed by atoms with van der Waals surface area (Å²) < 4.78 is 25.0. The van der Waals surface area contributed by atoms with Crippen molar-refractivity contribution in [1.82, 2.24) is 10.4 Å². The van der Waals surface area contributed by atoms with Gasteiger partial charge in [-0.1, -0.05) is 34.8 Å². The maximum absolute atomic E-state index is 12.5. The Morgan fingerprint density at radius 1 is 1.22 bits per heavy atom. The van der Waals surface area contributed by atoms with E-state index in [-0.39, 0.29) is 38.1 Å². The average molecular weight is 399 g/mol. The molecule has 4 nitrogen and oxygen atoms in total. The molecule has 23 heavy (non-hydrogen) atoms. The topological polar surface area (TPSA) is 54.0 Å². The molecule has 0 saturated carbocycles. The quantitative estimate of drug-likeness (QED) is 0.542. The van der Waals surface area contributed by atoms with Gasteiger partial charge in [0.25, 0.3) is 11.7 Å². The fourth-order valence-corrected chi connectivity index (χ4v) is 3.08. The minimum Gasteiger partial charge on any atom is -0.295 e. The van der Waals surface area contributed by atoms with Crippen LogP contribution in [-0.4, -0.2) is 16.6 Å². The number of hydrogen-bond acceptors (Lipinski definition) is 4. The molecule has 1 aromatic carbocycles. The highest BCUT2D eigenvalue weighted by atomic mass is 35.5. The molecule has 2 N–H and O–H groups in total. The Morgan fingerprint density at radius 2 is 1.87 bits per heavy atom. The summed E-state index contributed by atoms with van der Waals surface area (Å²) in [7, 11) is 0. The van der Waals surface area contributed by atoms with Crippen LogP contribution in [0, 0.1) is 0 Å². The third kappa shape index (κ3) is 4.84. The Morgan fingerprint density at radius 3 is 2.48 bits per heavy atom. The number of nitrogens with zero attached hydrogens (tertiary/aromatic N) is 1. The summed E-state index contributed by atoms with van der Waals surface area (Å²) in [5, 5.41) is 0.627. The summed E-state index contributed by atoms with van der Waals surface area (Å²) in [6.07, 6.45) is 1.32. The van der Waals surface area contributed by atoms with Crippen LogP contribution in [0.1, 0.15) is 10.4 Å². The molecule has 0 radical (unpaired) electrons. The van der Waals surface area contributed by atoms with Crippen LogP contribution in [0.2, 0.25) is 15.1 Å². The number of carbonyl (C=O) groups is 1. The second kappa shape index (κ2) is 8.01. The van der Waals surface area contributed by atoms with E-state index in [1.165, 1.54) is 30.5 Å². The van der Waals surface area contributed by atoms with Gasteiger partial charge in [-0.05, 0) is 36.0 Å². The van der Waals surface area contributed by atoms with Gasteiger partial charge >= 0.3 is 0 Å². The van der Waals surface area contributed by atoms with Crippen molar-refractivity contribution >= 4 is 58.2 Å². The van der Waals surface area contributed by atoms with Crippen molar-refractivity contribution in [3.8, 4) is 0 Å². The largest absolute Gasteiger partial charge is 0.295 e. The van der Waals surface area contributed by atoms with Crippen LogP contribution in [0.3, 0.4) is 0 Å². The number of nitrogens with one attached hydrogen (secondary N) is 2.